The van der Waals surface area contributed by atoms with Gasteiger partial charge in [0.15, 0.2) is 0 Å². The second-order valence-corrected chi connectivity index (χ2v) is 7.30. The van der Waals surface area contributed by atoms with Crippen molar-refractivity contribution in [3.63, 3.8) is 0 Å². The summed E-state index contributed by atoms with van der Waals surface area (Å²) in [5.41, 5.74) is 3.90. The lowest BCUT2D eigenvalue weighted by Crippen LogP contribution is -2.35. The largest absolute Gasteiger partial charge is 0.478 e. The number of anilines is 1. The maximum atomic E-state index is 14.5. The number of nitrogens with zero attached hydrogens (tertiary/aromatic N) is 1. The van der Waals surface area contributed by atoms with Crippen LogP contribution in [0.1, 0.15) is 45.2 Å². The van der Waals surface area contributed by atoms with Crippen molar-refractivity contribution in [2.75, 3.05) is 11.4 Å². The monoisotopic (exact) mass is 377 g/mol. The van der Waals surface area contributed by atoms with Crippen molar-refractivity contribution < 1.29 is 14.3 Å². The molecule has 1 aromatic rings. The van der Waals surface area contributed by atoms with Gasteiger partial charge < -0.3 is 10.0 Å². The van der Waals surface area contributed by atoms with E-state index in [0.29, 0.717) is 22.2 Å². The first-order valence-corrected chi connectivity index (χ1v) is 9.13. The molecule has 0 atom stereocenters. The third-order valence-electron chi connectivity index (χ3n) is 4.53. The SMILES string of the molecule is CC(C=CC(F)=C(C)c1cc(Cl)c2c(c1)CCCN2C(C)C)=CC(=O)O. The minimum absolute atomic E-state index is 0.359. The van der Waals surface area contributed by atoms with Gasteiger partial charge in [-0.2, -0.15) is 0 Å². The van der Waals surface area contributed by atoms with Crippen molar-refractivity contribution in [3.05, 3.63) is 57.9 Å². The van der Waals surface area contributed by atoms with Crippen LogP contribution in [0.25, 0.3) is 5.57 Å². The van der Waals surface area contributed by atoms with E-state index in [0.717, 1.165) is 42.3 Å². The number of hydrogen-bond donors (Lipinski definition) is 1. The average molecular weight is 378 g/mol. The summed E-state index contributed by atoms with van der Waals surface area (Å²) < 4.78 is 14.5. The smallest absolute Gasteiger partial charge is 0.328 e. The number of rotatable bonds is 5. The zero-order valence-corrected chi connectivity index (χ0v) is 16.4. The third-order valence-corrected chi connectivity index (χ3v) is 4.82. The maximum absolute atomic E-state index is 14.5. The first-order chi connectivity index (χ1) is 12.2. The number of hydrogen-bond acceptors (Lipinski definition) is 2. The van der Waals surface area contributed by atoms with Gasteiger partial charge >= 0.3 is 5.97 Å². The summed E-state index contributed by atoms with van der Waals surface area (Å²) >= 11 is 6.54. The molecule has 0 radical (unpaired) electrons. The second-order valence-electron chi connectivity index (χ2n) is 6.89. The van der Waals surface area contributed by atoms with E-state index in [2.05, 4.69) is 18.7 Å². The van der Waals surface area contributed by atoms with Gasteiger partial charge in [-0.05, 0) is 81.0 Å². The standard InChI is InChI=1S/C21H25ClFNO2/c1-13(2)24-9-5-6-16-11-17(12-18(22)21(16)24)15(4)19(23)8-7-14(3)10-20(25)26/h7-8,10-13H,5-6,9H2,1-4H3,(H,25,26). The van der Waals surface area contributed by atoms with E-state index in [1.165, 1.54) is 12.2 Å². The molecule has 140 valence electrons. The van der Waals surface area contributed by atoms with Gasteiger partial charge in [-0.1, -0.05) is 17.7 Å². The van der Waals surface area contributed by atoms with E-state index < -0.39 is 11.8 Å². The number of halogens is 2. The Morgan fingerprint density at radius 2 is 2.00 bits per heavy atom. The highest BCUT2D eigenvalue weighted by molar-refractivity contribution is 6.33. The van der Waals surface area contributed by atoms with E-state index >= 15 is 0 Å². The topological polar surface area (TPSA) is 40.5 Å². The predicted octanol–water partition coefficient (Wildman–Crippen LogP) is 5.79. The summed E-state index contributed by atoms with van der Waals surface area (Å²) in [7, 11) is 0. The fourth-order valence-corrected chi connectivity index (χ4v) is 3.51. The van der Waals surface area contributed by atoms with Crippen LogP contribution in [0.5, 0.6) is 0 Å². The molecule has 0 saturated heterocycles. The number of carboxylic acid groups (broad SMARTS) is 1. The van der Waals surface area contributed by atoms with E-state index in [4.69, 9.17) is 16.7 Å². The number of aliphatic carboxylic acids is 1. The van der Waals surface area contributed by atoms with Crippen molar-refractivity contribution in [1.82, 2.24) is 0 Å². The highest BCUT2D eigenvalue weighted by atomic mass is 35.5. The minimum atomic E-state index is -1.05. The number of fused-ring (bicyclic) bond motifs is 1. The Morgan fingerprint density at radius 3 is 2.62 bits per heavy atom. The minimum Gasteiger partial charge on any atom is -0.478 e. The van der Waals surface area contributed by atoms with E-state index in [-0.39, 0.29) is 0 Å². The molecular formula is C21H25ClFNO2. The van der Waals surface area contributed by atoms with Crippen molar-refractivity contribution in [3.8, 4) is 0 Å². The molecule has 2 rings (SSSR count). The van der Waals surface area contributed by atoms with E-state index in [1.54, 1.807) is 13.8 Å². The molecule has 1 aromatic carbocycles. The Morgan fingerprint density at radius 1 is 1.31 bits per heavy atom. The van der Waals surface area contributed by atoms with Crippen molar-refractivity contribution >= 4 is 28.8 Å². The van der Waals surface area contributed by atoms with Gasteiger partial charge in [-0.15, -0.1) is 0 Å². The third kappa shape index (κ3) is 4.76. The molecule has 0 aromatic heterocycles. The zero-order chi connectivity index (χ0) is 19.4. The van der Waals surface area contributed by atoms with Gasteiger partial charge in [0.2, 0.25) is 0 Å². The molecule has 1 N–H and O–H groups in total. The summed E-state index contributed by atoms with van der Waals surface area (Å²) in [5, 5.41) is 9.35. The van der Waals surface area contributed by atoms with Gasteiger partial charge in [0.25, 0.3) is 0 Å². The molecule has 0 saturated carbocycles. The number of allylic oxidation sites excluding steroid dienone is 5. The molecule has 3 nitrogen and oxygen atoms in total. The fourth-order valence-electron chi connectivity index (χ4n) is 3.16. The highest BCUT2D eigenvalue weighted by Crippen LogP contribution is 2.38. The molecular weight excluding hydrogens is 353 g/mol. The maximum Gasteiger partial charge on any atom is 0.328 e. The Hall–Kier alpha value is -2.07. The predicted molar refractivity (Wildman–Crippen MR) is 106 cm³/mol. The van der Waals surface area contributed by atoms with Crippen LogP contribution in [0.3, 0.4) is 0 Å². The Bertz CT molecular complexity index is 793. The van der Waals surface area contributed by atoms with Crippen LogP contribution < -0.4 is 4.90 Å². The first kappa shape index (κ1) is 20.2. The average Bonchev–Trinajstić information content (AvgIpc) is 2.57. The molecule has 1 heterocycles. The molecule has 0 spiro atoms. The quantitative estimate of drug-likeness (QED) is 0.521. The number of carbonyl (C=O) groups is 1. The van der Waals surface area contributed by atoms with Gasteiger partial charge in [-0.25, -0.2) is 9.18 Å². The number of aryl methyl sites for hydroxylation is 1. The molecule has 1 aliphatic heterocycles. The van der Waals surface area contributed by atoms with Crippen LogP contribution in [0, 0.1) is 0 Å². The lowest BCUT2D eigenvalue weighted by atomic mass is 9.95. The van der Waals surface area contributed by atoms with E-state index in [9.17, 15) is 9.18 Å². The lowest BCUT2D eigenvalue weighted by molar-refractivity contribution is -0.131. The highest BCUT2D eigenvalue weighted by Gasteiger charge is 2.23. The van der Waals surface area contributed by atoms with Crippen LogP contribution in [-0.2, 0) is 11.2 Å². The number of carboxylic acids is 1. The second kappa shape index (κ2) is 8.54. The number of benzene rings is 1. The molecule has 0 aliphatic carbocycles. The zero-order valence-electron chi connectivity index (χ0n) is 15.6. The fraction of sp³-hybridized carbons (Fsp3) is 0.381. The van der Waals surface area contributed by atoms with E-state index in [1.807, 2.05) is 12.1 Å². The lowest BCUT2D eigenvalue weighted by Gasteiger charge is -2.35. The van der Waals surface area contributed by atoms with Gasteiger partial charge in [0.1, 0.15) is 5.83 Å². The van der Waals surface area contributed by atoms with Crippen LogP contribution in [-0.4, -0.2) is 23.7 Å². The Balaban J connectivity index is 2.38. The summed E-state index contributed by atoms with van der Waals surface area (Å²) in [5.74, 6) is -1.46. The molecule has 0 fully saturated rings. The van der Waals surface area contributed by atoms with Crippen molar-refractivity contribution in [2.24, 2.45) is 0 Å². The van der Waals surface area contributed by atoms with Crippen LogP contribution in [0.15, 0.2) is 41.8 Å². The molecule has 0 amide bonds. The summed E-state index contributed by atoms with van der Waals surface area (Å²) in [6.07, 6.45) is 5.76. The van der Waals surface area contributed by atoms with Crippen LogP contribution >= 0.6 is 11.6 Å². The molecule has 1 aliphatic rings. The Kier molecular flexibility index (Phi) is 6.65. The van der Waals surface area contributed by atoms with Gasteiger partial charge in [-0.3, -0.25) is 0 Å². The van der Waals surface area contributed by atoms with Gasteiger partial charge in [0.05, 0.1) is 10.7 Å². The molecule has 26 heavy (non-hydrogen) atoms. The van der Waals surface area contributed by atoms with Crippen LogP contribution in [0.4, 0.5) is 10.1 Å². The van der Waals surface area contributed by atoms with Crippen molar-refractivity contribution in [2.45, 2.75) is 46.6 Å². The first-order valence-electron chi connectivity index (χ1n) is 8.75. The Labute approximate surface area is 159 Å². The molecule has 0 bridgehead atoms. The molecule has 5 heteroatoms. The van der Waals surface area contributed by atoms with Crippen molar-refractivity contribution in [1.29, 1.82) is 0 Å². The van der Waals surface area contributed by atoms with Crippen LogP contribution in [0.2, 0.25) is 5.02 Å². The summed E-state index contributed by atoms with van der Waals surface area (Å²) in [6, 6.07) is 4.18. The van der Waals surface area contributed by atoms with Gasteiger partial charge in [0, 0.05) is 18.7 Å². The molecule has 0 unspecified atom stereocenters. The summed E-state index contributed by atoms with van der Waals surface area (Å²) in [4.78, 5) is 12.9. The summed E-state index contributed by atoms with van der Waals surface area (Å²) in [6.45, 7) is 8.58. The normalized spacial score (nSPS) is 16.1.